The minimum absolute atomic E-state index is 0.123. The maximum absolute atomic E-state index is 13.1. The van der Waals surface area contributed by atoms with Crippen LogP contribution in [0.5, 0.6) is 11.6 Å². The molecule has 1 amide bonds. The summed E-state index contributed by atoms with van der Waals surface area (Å²) in [5.74, 6) is -0.221. The number of rotatable bonds is 7. The van der Waals surface area contributed by atoms with Gasteiger partial charge in [0.2, 0.25) is 15.9 Å². The molecular weight excluding hydrogens is 478 g/mol. The third kappa shape index (κ3) is 5.97. The van der Waals surface area contributed by atoms with E-state index < -0.39 is 31.1 Å². The number of carbonyl (C=O) groups excluding carboxylic acids is 1. The fourth-order valence-corrected chi connectivity index (χ4v) is 5.13. The highest BCUT2D eigenvalue weighted by molar-refractivity contribution is 7.89. The quantitative estimate of drug-likeness (QED) is 0.443. The molecule has 1 aromatic carbocycles. The monoisotopic (exact) mass is 509 g/mol. The molecule has 1 aliphatic rings. The van der Waals surface area contributed by atoms with Crippen LogP contribution in [0.25, 0.3) is 0 Å². The van der Waals surface area contributed by atoms with Crippen LogP contribution in [0.4, 0.5) is 5.69 Å². The lowest BCUT2D eigenvalue weighted by Gasteiger charge is -2.26. The van der Waals surface area contributed by atoms with Crippen LogP contribution in [-0.4, -0.2) is 65.8 Å². The third-order valence-corrected chi connectivity index (χ3v) is 6.94. The first kappa shape index (κ1) is 26.6. The lowest BCUT2D eigenvalue weighted by molar-refractivity contribution is -0.385. The van der Waals surface area contributed by atoms with E-state index in [9.17, 15) is 23.3 Å². The van der Waals surface area contributed by atoms with Gasteiger partial charge in [-0.25, -0.2) is 17.8 Å². The highest BCUT2D eigenvalue weighted by Gasteiger charge is 2.31. The summed E-state index contributed by atoms with van der Waals surface area (Å²) in [5.41, 5.74) is -0.618. The van der Waals surface area contributed by atoms with E-state index in [1.54, 1.807) is 32.6 Å². The van der Waals surface area contributed by atoms with Gasteiger partial charge in [-0.1, -0.05) is 0 Å². The van der Waals surface area contributed by atoms with Gasteiger partial charge in [0.05, 0.1) is 24.2 Å². The van der Waals surface area contributed by atoms with Gasteiger partial charge in [0, 0.05) is 36.3 Å². The number of carbonyl (C=O) groups is 1. The number of morpholine rings is 1. The standard InChI is InChI=1S/C22H31N5O7S/c1-14(2)26-21(15(3)19(23-26)20(28)25-9-11-33-12-10-25)34-17-8-7-16(27(29)30)13-18(17)35(31,32)24-22(4,5)6/h7-8,13-14,24H,9-12H2,1-6H3. The van der Waals surface area contributed by atoms with Crippen molar-refractivity contribution in [3.63, 3.8) is 0 Å². The van der Waals surface area contributed by atoms with Crippen LogP contribution in [0.2, 0.25) is 0 Å². The Hall–Kier alpha value is -3.03. The molecule has 0 atom stereocenters. The van der Waals surface area contributed by atoms with Gasteiger partial charge in [0.25, 0.3) is 11.6 Å². The van der Waals surface area contributed by atoms with Crippen LogP contribution in [0, 0.1) is 17.0 Å². The van der Waals surface area contributed by atoms with Crippen LogP contribution in [0.3, 0.4) is 0 Å². The molecule has 0 spiro atoms. The molecular formula is C22H31N5O7S. The summed E-state index contributed by atoms with van der Waals surface area (Å²) in [6.45, 7) is 12.1. The minimum atomic E-state index is -4.20. The number of nitro groups is 1. The molecule has 0 radical (unpaired) electrons. The van der Waals surface area contributed by atoms with Crippen molar-refractivity contribution in [1.29, 1.82) is 0 Å². The molecule has 1 aliphatic heterocycles. The Balaban J connectivity index is 2.10. The zero-order chi connectivity index (χ0) is 26.1. The van der Waals surface area contributed by atoms with E-state index in [0.29, 0.717) is 31.9 Å². The molecule has 3 rings (SSSR count). The zero-order valence-electron chi connectivity index (χ0n) is 20.7. The number of benzene rings is 1. The van der Waals surface area contributed by atoms with Gasteiger partial charge in [0.15, 0.2) is 5.69 Å². The molecule has 2 aromatic rings. The van der Waals surface area contributed by atoms with Crippen LogP contribution in [0.1, 0.15) is 56.7 Å². The third-order valence-electron chi connectivity index (χ3n) is 5.16. The summed E-state index contributed by atoms with van der Waals surface area (Å²) in [6, 6.07) is 3.13. The fraction of sp³-hybridized carbons (Fsp3) is 0.545. The first-order valence-electron chi connectivity index (χ1n) is 11.2. The normalized spacial score (nSPS) is 14.9. The average molecular weight is 510 g/mol. The van der Waals surface area contributed by atoms with Crippen molar-refractivity contribution in [2.45, 2.75) is 58.0 Å². The highest BCUT2D eigenvalue weighted by atomic mass is 32.2. The zero-order valence-corrected chi connectivity index (χ0v) is 21.5. The molecule has 35 heavy (non-hydrogen) atoms. The van der Waals surface area contributed by atoms with Gasteiger partial charge in [-0.2, -0.15) is 5.10 Å². The minimum Gasteiger partial charge on any atom is -0.438 e. The molecule has 192 valence electrons. The number of non-ortho nitro benzene ring substituents is 1. The first-order valence-corrected chi connectivity index (χ1v) is 12.7. The number of nitrogens with one attached hydrogen (secondary N) is 1. The second kappa shape index (κ2) is 9.91. The van der Waals surface area contributed by atoms with Crippen molar-refractivity contribution in [3.8, 4) is 11.6 Å². The summed E-state index contributed by atoms with van der Waals surface area (Å²) in [4.78, 5) is 25.0. The number of ether oxygens (including phenoxy) is 2. The molecule has 13 heteroatoms. The van der Waals surface area contributed by atoms with Crippen LogP contribution in [0.15, 0.2) is 23.1 Å². The number of nitrogens with zero attached hydrogens (tertiary/aromatic N) is 4. The van der Waals surface area contributed by atoms with Crippen molar-refractivity contribution in [2.75, 3.05) is 26.3 Å². The summed E-state index contributed by atoms with van der Waals surface area (Å²) in [7, 11) is -4.20. The number of hydrogen-bond donors (Lipinski definition) is 1. The Kier molecular flexibility index (Phi) is 7.53. The number of nitro benzene ring substituents is 1. The van der Waals surface area contributed by atoms with Crippen molar-refractivity contribution in [1.82, 2.24) is 19.4 Å². The number of aromatic nitrogens is 2. The van der Waals surface area contributed by atoms with E-state index in [4.69, 9.17) is 9.47 Å². The second-order valence-electron chi connectivity index (χ2n) is 9.57. The molecule has 0 saturated carbocycles. The van der Waals surface area contributed by atoms with Crippen molar-refractivity contribution < 1.29 is 27.6 Å². The summed E-state index contributed by atoms with van der Waals surface area (Å²) in [6.07, 6.45) is 0. The molecule has 1 N–H and O–H groups in total. The Bertz CT molecular complexity index is 1230. The second-order valence-corrected chi connectivity index (χ2v) is 11.2. The maximum atomic E-state index is 13.1. The fourth-order valence-electron chi connectivity index (χ4n) is 3.56. The van der Waals surface area contributed by atoms with Gasteiger partial charge in [-0.15, -0.1) is 0 Å². The van der Waals surface area contributed by atoms with E-state index >= 15 is 0 Å². The topological polar surface area (TPSA) is 146 Å². The van der Waals surface area contributed by atoms with Crippen molar-refractivity contribution in [2.24, 2.45) is 0 Å². The van der Waals surface area contributed by atoms with Gasteiger partial charge in [-0.05, 0) is 47.6 Å². The Morgan fingerprint density at radius 1 is 1.26 bits per heavy atom. The molecule has 0 aliphatic carbocycles. The average Bonchev–Trinajstić information content (AvgIpc) is 3.08. The summed E-state index contributed by atoms with van der Waals surface area (Å²) >= 11 is 0. The SMILES string of the molecule is Cc1c(C(=O)N2CCOCC2)nn(C(C)C)c1Oc1ccc([N+](=O)[O-])cc1S(=O)(=O)NC(C)(C)C. The summed E-state index contributed by atoms with van der Waals surface area (Å²) < 4.78 is 41.7. The Morgan fingerprint density at radius 3 is 2.43 bits per heavy atom. The molecule has 1 saturated heterocycles. The van der Waals surface area contributed by atoms with Crippen LogP contribution < -0.4 is 9.46 Å². The maximum Gasteiger partial charge on any atom is 0.274 e. The van der Waals surface area contributed by atoms with Crippen molar-refractivity contribution >= 4 is 21.6 Å². The molecule has 0 unspecified atom stereocenters. The predicted octanol–water partition coefficient (Wildman–Crippen LogP) is 3.02. The highest BCUT2D eigenvalue weighted by Crippen LogP contribution is 2.36. The van der Waals surface area contributed by atoms with Gasteiger partial charge >= 0.3 is 0 Å². The largest absolute Gasteiger partial charge is 0.438 e. The van der Waals surface area contributed by atoms with Crippen LogP contribution >= 0.6 is 0 Å². The molecule has 1 aromatic heterocycles. The lowest BCUT2D eigenvalue weighted by atomic mass is 10.1. The number of hydrogen-bond acceptors (Lipinski definition) is 8. The van der Waals surface area contributed by atoms with Crippen molar-refractivity contribution in [3.05, 3.63) is 39.6 Å². The smallest absolute Gasteiger partial charge is 0.274 e. The van der Waals surface area contributed by atoms with E-state index in [1.807, 2.05) is 13.8 Å². The van der Waals surface area contributed by atoms with E-state index in [2.05, 4.69) is 9.82 Å². The molecule has 2 heterocycles. The Labute approximate surface area is 204 Å². The number of amides is 1. The van der Waals surface area contributed by atoms with Gasteiger partial charge in [0.1, 0.15) is 10.6 Å². The molecule has 12 nitrogen and oxygen atoms in total. The van der Waals surface area contributed by atoms with Gasteiger partial charge in [-0.3, -0.25) is 14.9 Å². The lowest BCUT2D eigenvalue weighted by Crippen LogP contribution is -2.41. The Morgan fingerprint density at radius 2 is 1.89 bits per heavy atom. The molecule has 0 bridgehead atoms. The van der Waals surface area contributed by atoms with E-state index in [-0.39, 0.29) is 29.3 Å². The van der Waals surface area contributed by atoms with Crippen LogP contribution in [-0.2, 0) is 14.8 Å². The predicted molar refractivity (Wildman–Crippen MR) is 127 cm³/mol. The number of sulfonamides is 1. The first-order chi connectivity index (χ1) is 16.2. The van der Waals surface area contributed by atoms with E-state index in [0.717, 1.165) is 12.1 Å². The van der Waals surface area contributed by atoms with Gasteiger partial charge < -0.3 is 14.4 Å². The summed E-state index contributed by atoms with van der Waals surface area (Å²) in [5, 5.41) is 15.8. The molecule has 1 fully saturated rings. The van der Waals surface area contributed by atoms with E-state index in [1.165, 1.54) is 10.7 Å².